The first-order chi connectivity index (χ1) is 6.88. The van der Waals surface area contributed by atoms with E-state index < -0.39 is 0 Å². The molecule has 2 heteroatoms. The van der Waals surface area contributed by atoms with E-state index in [1.54, 1.807) is 7.11 Å². The first-order valence-corrected chi connectivity index (χ1v) is 6.10. The zero-order valence-corrected chi connectivity index (χ0v) is 9.72. The number of methoxy groups -OCH3 is 1. The van der Waals surface area contributed by atoms with E-state index in [9.17, 15) is 0 Å². The average molecular weight is 199 g/mol. The van der Waals surface area contributed by atoms with E-state index >= 15 is 0 Å². The van der Waals surface area contributed by atoms with E-state index in [0.29, 0.717) is 0 Å². The van der Waals surface area contributed by atoms with Crippen molar-refractivity contribution in [3.63, 3.8) is 0 Å². The van der Waals surface area contributed by atoms with Gasteiger partial charge in [0.15, 0.2) is 0 Å². The highest BCUT2D eigenvalue weighted by molar-refractivity contribution is 4.79. The molecule has 0 bridgehead atoms. The molecule has 2 unspecified atom stereocenters. The number of hydrogen-bond acceptors (Lipinski definition) is 2. The molecule has 1 saturated carbocycles. The minimum Gasteiger partial charge on any atom is -0.385 e. The predicted molar refractivity (Wildman–Crippen MR) is 60.5 cm³/mol. The lowest BCUT2D eigenvalue weighted by Gasteiger charge is -2.31. The summed E-state index contributed by atoms with van der Waals surface area (Å²) in [6.45, 7) is 4.32. The van der Waals surface area contributed by atoms with Crippen LogP contribution in [0.1, 0.15) is 45.4 Å². The van der Waals surface area contributed by atoms with Crippen molar-refractivity contribution in [3.8, 4) is 0 Å². The molecule has 1 aliphatic rings. The van der Waals surface area contributed by atoms with Crippen LogP contribution in [-0.2, 0) is 4.74 Å². The number of ether oxygens (including phenoxy) is 1. The maximum atomic E-state index is 5.04. The van der Waals surface area contributed by atoms with Crippen molar-refractivity contribution in [2.45, 2.75) is 51.5 Å². The molecule has 1 aliphatic carbocycles. The Bertz CT molecular complexity index is 138. The SMILES string of the molecule is CCC1CCCCC1NCCCOC. The molecule has 84 valence electrons. The van der Waals surface area contributed by atoms with E-state index in [-0.39, 0.29) is 0 Å². The summed E-state index contributed by atoms with van der Waals surface area (Å²) < 4.78 is 5.04. The number of nitrogens with one attached hydrogen (secondary N) is 1. The molecule has 0 aliphatic heterocycles. The average Bonchev–Trinajstić information content (AvgIpc) is 2.25. The van der Waals surface area contributed by atoms with Crippen molar-refractivity contribution in [2.75, 3.05) is 20.3 Å². The van der Waals surface area contributed by atoms with Crippen LogP contribution >= 0.6 is 0 Å². The van der Waals surface area contributed by atoms with Gasteiger partial charge in [-0.15, -0.1) is 0 Å². The lowest BCUT2D eigenvalue weighted by Crippen LogP contribution is -2.39. The van der Waals surface area contributed by atoms with Gasteiger partial charge in [0, 0.05) is 19.8 Å². The Balaban J connectivity index is 2.13. The second-order valence-electron chi connectivity index (χ2n) is 4.36. The van der Waals surface area contributed by atoms with E-state index in [0.717, 1.165) is 31.5 Å². The molecule has 1 rings (SSSR count). The third kappa shape index (κ3) is 3.97. The van der Waals surface area contributed by atoms with E-state index in [4.69, 9.17) is 4.74 Å². The van der Waals surface area contributed by atoms with Crippen molar-refractivity contribution in [1.29, 1.82) is 0 Å². The van der Waals surface area contributed by atoms with Gasteiger partial charge in [-0.25, -0.2) is 0 Å². The molecule has 2 nitrogen and oxygen atoms in total. The third-order valence-corrected chi connectivity index (χ3v) is 3.37. The zero-order chi connectivity index (χ0) is 10.2. The summed E-state index contributed by atoms with van der Waals surface area (Å²) in [5, 5.41) is 3.68. The summed E-state index contributed by atoms with van der Waals surface area (Å²) in [6.07, 6.45) is 8.14. The Hall–Kier alpha value is -0.0800. The smallest absolute Gasteiger partial charge is 0.0474 e. The Morgan fingerprint density at radius 1 is 1.29 bits per heavy atom. The molecule has 1 N–H and O–H groups in total. The highest BCUT2D eigenvalue weighted by Gasteiger charge is 2.22. The molecule has 0 aromatic rings. The second kappa shape index (κ2) is 7.24. The maximum absolute atomic E-state index is 5.04. The van der Waals surface area contributed by atoms with Gasteiger partial charge in [-0.1, -0.05) is 26.2 Å². The van der Waals surface area contributed by atoms with Crippen molar-refractivity contribution < 1.29 is 4.74 Å². The fourth-order valence-electron chi connectivity index (χ4n) is 2.47. The van der Waals surface area contributed by atoms with E-state index in [1.165, 1.54) is 32.1 Å². The van der Waals surface area contributed by atoms with Crippen molar-refractivity contribution in [1.82, 2.24) is 5.32 Å². The van der Waals surface area contributed by atoms with Crippen LogP contribution in [0.3, 0.4) is 0 Å². The summed E-state index contributed by atoms with van der Waals surface area (Å²) in [7, 11) is 1.77. The van der Waals surface area contributed by atoms with Gasteiger partial charge in [0.2, 0.25) is 0 Å². The van der Waals surface area contributed by atoms with Crippen molar-refractivity contribution in [2.24, 2.45) is 5.92 Å². The Kier molecular flexibility index (Phi) is 6.20. The highest BCUT2D eigenvalue weighted by Crippen LogP contribution is 2.26. The molecule has 0 spiro atoms. The fourth-order valence-corrected chi connectivity index (χ4v) is 2.47. The Morgan fingerprint density at radius 3 is 2.79 bits per heavy atom. The van der Waals surface area contributed by atoms with Crippen LogP contribution in [0.25, 0.3) is 0 Å². The van der Waals surface area contributed by atoms with Gasteiger partial charge in [0.25, 0.3) is 0 Å². The summed E-state index contributed by atoms with van der Waals surface area (Å²) in [5.74, 6) is 0.922. The summed E-state index contributed by atoms with van der Waals surface area (Å²) >= 11 is 0. The molecule has 0 heterocycles. The zero-order valence-electron chi connectivity index (χ0n) is 9.72. The summed E-state index contributed by atoms with van der Waals surface area (Å²) in [6, 6.07) is 0.783. The van der Waals surface area contributed by atoms with Crippen LogP contribution in [0.5, 0.6) is 0 Å². The van der Waals surface area contributed by atoms with Gasteiger partial charge in [0.1, 0.15) is 0 Å². The lowest BCUT2D eigenvalue weighted by atomic mass is 9.83. The predicted octanol–water partition coefficient (Wildman–Crippen LogP) is 2.58. The van der Waals surface area contributed by atoms with E-state index in [2.05, 4.69) is 12.2 Å². The van der Waals surface area contributed by atoms with Crippen LogP contribution in [0.2, 0.25) is 0 Å². The topological polar surface area (TPSA) is 21.3 Å². The molecule has 1 fully saturated rings. The molecule has 2 atom stereocenters. The second-order valence-corrected chi connectivity index (χ2v) is 4.36. The molecule has 0 radical (unpaired) electrons. The monoisotopic (exact) mass is 199 g/mol. The van der Waals surface area contributed by atoms with Gasteiger partial charge in [-0.05, 0) is 31.7 Å². The highest BCUT2D eigenvalue weighted by atomic mass is 16.5. The van der Waals surface area contributed by atoms with Crippen LogP contribution < -0.4 is 5.32 Å². The van der Waals surface area contributed by atoms with Gasteiger partial charge in [-0.2, -0.15) is 0 Å². The molecular formula is C12H25NO. The molecule has 0 aromatic heterocycles. The van der Waals surface area contributed by atoms with Gasteiger partial charge >= 0.3 is 0 Å². The third-order valence-electron chi connectivity index (χ3n) is 3.37. The summed E-state index contributed by atoms with van der Waals surface area (Å²) in [5.41, 5.74) is 0. The first kappa shape index (κ1) is 12.0. The van der Waals surface area contributed by atoms with Crippen LogP contribution in [0.15, 0.2) is 0 Å². The summed E-state index contributed by atoms with van der Waals surface area (Å²) in [4.78, 5) is 0. The Labute approximate surface area is 88.4 Å². The Morgan fingerprint density at radius 2 is 2.07 bits per heavy atom. The maximum Gasteiger partial charge on any atom is 0.0474 e. The number of rotatable bonds is 6. The normalized spacial score (nSPS) is 27.9. The fraction of sp³-hybridized carbons (Fsp3) is 1.00. The standard InChI is InChI=1S/C12H25NO/c1-3-11-7-4-5-8-12(11)13-9-6-10-14-2/h11-13H,3-10H2,1-2H3. The van der Waals surface area contributed by atoms with Crippen LogP contribution in [0.4, 0.5) is 0 Å². The minimum absolute atomic E-state index is 0.783. The van der Waals surface area contributed by atoms with Crippen molar-refractivity contribution in [3.05, 3.63) is 0 Å². The molecule has 0 aromatic carbocycles. The van der Waals surface area contributed by atoms with Crippen LogP contribution in [-0.4, -0.2) is 26.3 Å². The van der Waals surface area contributed by atoms with Crippen molar-refractivity contribution >= 4 is 0 Å². The largest absolute Gasteiger partial charge is 0.385 e. The quantitative estimate of drug-likeness (QED) is 0.664. The first-order valence-electron chi connectivity index (χ1n) is 6.10. The molecule has 0 amide bonds. The molecule has 14 heavy (non-hydrogen) atoms. The number of hydrogen-bond donors (Lipinski definition) is 1. The molecule has 0 saturated heterocycles. The van der Waals surface area contributed by atoms with Gasteiger partial charge in [0.05, 0.1) is 0 Å². The van der Waals surface area contributed by atoms with Gasteiger partial charge < -0.3 is 10.1 Å². The van der Waals surface area contributed by atoms with Gasteiger partial charge in [-0.3, -0.25) is 0 Å². The van der Waals surface area contributed by atoms with Crippen LogP contribution in [0, 0.1) is 5.92 Å². The molecular weight excluding hydrogens is 174 g/mol. The lowest BCUT2D eigenvalue weighted by molar-refractivity contribution is 0.187. The van der Waals surface area contributed by atoms with E-state index in [1.807, 2.05) is 0 Å². The minimum atomic E-state index is 0.783.